The molecule has 138 valence electrons. The molecule has 0 spiro atoms. The topological polar surface area (TPSA) is 86.9 Å². The van der Waals surface area contributed by atoms with Crippen LogP contribution in [0.5, 0.6) is 11.5 Å². The van der Waals surface area contributed by atoms with Crippen molar-refractivity contribution in [1.82, 2.24) is 15.0 Å². The zero-order valence-corrected chi connectivity index (χ0v) is 14.0. The van der Waals surface area contributed by atoms with Gasteiger partial charge in [-0.1, -0.05) is 5.16 Å². The van der Waals surface area contributed by atoms with Gasteiger partial charge in [0, 0.05) is 17.7 Å². The fourth-order valence-corrected chi connectivity index (χ4v) is 3.03. The summed E-state index contributed by atoms with van der Waals surface area (Å²) in [4.78, 5) is 18.8. The Balaban J connectivity index is 1.67. The van der Waals surface area contributed by atoms with Crippen LogP contribution in [0.25, 0.3) is 0 Å². The minimum atomic E-state index is -3.74. The number of aryl methyl sites for hydroxylation is 1. The van der Waals surface area contributed by atoms with Crippen molar-refractivity contribution in [3.63, 3.8) is 0 Å². The molecule has 26 heavy (non-hydrogen) atoms. The van der Waals surface area contributed by atoms with E-state index in [1.807, 2.05) is 0 Å². The second-order valence-electron chi connectivity index (χ2n) is 6.00. The smallest absolute Gasteiger partial charge is 0.395 e. The van der Waals surface area contributed by atoms with Crippen molar-refractivity contribution in [2.24, 2.45) is 0 Å². The van der Waals surface area contributed by atoms with Gasteiger partial charge >= 0.3 is 6.29 Å². The van der Waals surface area contributed by atoms with Crippen molar-refractivity contribution in [3.05, 3.63) is 35.0 Å². The second-order valence-corrected chi connectivity index (χ2v) is 6.00. The fraction of sp³-hybridized carbons (Fsp3) is 0.438. The summed E-state index contributed by atoms with van der Waals surface area (Å²) in [5.74, 6) is 0.0996. The molecule has 2 aliphatic rings. The van der Waals surface area contributed by atoms with E-state index in [9.17, 15) is 13.6 Å². The highest BCUT2D eigenvalue weighted by atomic mass is 19.3. The van der Waals surface area contributed by atoms with Gasteiger partial charge in [-0.15, -0.1) is 8.78 Å². The fourth-order valence-electron chi connectivity index (χ4n) is 3.03. The van der Waals surface area contributed by atoms with E-state index < -0.39 is 12.3 Å². The minimum absolute atomic E-state index is 0.102. The highest BCUT2D eigenvalue weighted by Gasteiger charge is 2.45. The summed E-state index contributed by atoms with van der Waals surface area (Å²) in [5, 5.41) is 3.74. The molecule has 3 heterocycles. The van der Waals surface area contributed by atoms with E-state index in [2.05, 4.69) is 19.6 Å². The van der Waals surface area contributed by atoms with Crippen LogP contribution in [0.4, 0.5) is 8.78 Å². The first kappa shape index (κ1) is 16.7. The highest BCUT2D eigenvalue weighted by molar-refractivity contribution is 5.97. The van der Waals surface area contributed by atoms with Crippen LogP contribution in [-0.2, 0) is 4.74 Å². The summed E-state index contributed by atoms with van der Waals surface area (Å²) < 4.78 is 46.2. The number of fused-ring (bicyclic) bond motifs is 1. The Hall–Kier alpha value is -2.75. The van der Waals surface area contributed by atoms with E-state index >= 15 is 0 Å². The number of hydrogen-bond donors (Lipinski definition) is 0. The summed E-state index contributed by atoms with van der Waals surface area (Å²) in [6.45, 7) is 4.05. The molecule has 4 rings (SSSR count). The molecule has 0 saturated carbocycles. The molecule has 0 N–H and O–H groups in total. The number of benzene rings is 1. The van der Waals surface area contributed by atoms with Gasteiger partial charge in [0.1, 0.15) is 6.04 Å². The molecule has 8 nitrogen and oxygen atoms in total. The summed E-state index contributed by atoms with van der Waals surface area (Å²) in [5.41, 5.74) is 0.504. The molecule has 0 bridgehead atoms. The summed E-state index contributed by atoms with van der Waals surface area (Å²) in [6.07, 6.45) is -3.74. The quantitative estimate of drug-likeness (QED) is 0.804. The Labute approximate surface area is 146 Å². The predicted octanol–water partition coefficient (Wildman–Crippen LogP) is 2.22. The maximum atomic E-state index is 13.3. The van der Waals surface area contributed by atoms with Gasteiger partial charge in [0.15, 0.2) is 17.3 Å². The van der Waals surface area contributed by atoms with Crippen molar-refractivity contribution < 1.29 is 32.3 Å². The van der Waals surface area contributed by atoms with Gasteiger partial charge < -0.3 is 23.6 Å². The van der Waals surface area contributed by atoms with Crippen molar-refractivity contribution in [2.45, 2.75) is 26.2 Å². The highest BCUT2D eigenvalue weighted by Crippen LogP contribution is 2.44. The molecule has 10 heteroatoms. The summed E-state index contributed by atoms with van der Waals surface area (Å²) >= 11 is 0. The van der Waals surface area contributed by atoms with E-state index in [0.29, 0.717) is 19.0 Å². The van der Waals surface area contributed by atoms with E-state index in [1.165, 1.54) is 24.0 Å². The van der Waals surface area contributed by atoms with Crippen LogP contribution in [0.15, 0.2) is 16.7 Å². The molecule has 1 fully saturated rings. The number of ether oxygens (including phenoxy) is 3. The number of amides is 1. The Morgan fingerprint density at radius 2 is 2.12 bits per heavy atom. The van der Waals surface area contributed by atoms with Crippen LogP contribution in [0.1, 0.15) is 33.7 Å². The van der Waals surface area contributed by atoms with Crippen molar-refractivity contribution >= 4 is 5.91 Å². The number of rotatable bonds is 2. The van der Waals surface area contributed by atoms with Crippen LogP contribution in [0.2, 0.25) is 0 Å². The van der Waals surface area contributed by atoms with Gasteiger partial charge in [-0.3, -0.25) is 4.79 Å². The molecule has 1 aromatic heterocycles. The first-order chi connectivity index (χ1) is 12.4. The number of aromatic nitrogens is 2. The van der Waals surface area contributed by atoms with Crippen LogP contribution < -0.4 is 9.47 Å². The lowest BCUT2D eigenvalue weighted by molar-refractivity contribution is -0.286. The molecule has 1 unspecified atom stereocenters. The molecule has 2 aromatic rings. The lowest BCUT2D eigenvalue weighted by Gasteiger charge is -2.33. The monoisotopic (exact) mass is 367 g/mol. The molecule has 0 radical (unpaired) electrons. The van der Waals surface area contributed by atoms with Gasteiger partial charge in [0.2, 0.25) is 0 Å². The molecular weight excluding hydrogens is 352 g/mol. The maximum Gasteiger partial charge on any atom is 0.586 e. The molecule has 1 amide bonds. The first-order valence-electron chi connectivity index (χ1n) is 7.94. The third-order valence-corrected chi connectivity index (χ3v) is 4.27. The van der Waals surface area contributed by atoms with Gasteiger partial charge in [-0.05, 0) is 26.0 Å². The van der Waals surface area contributed by atoms with E-state index in [1.54, 1.807) is 6.92 Å². The van der Waals surface area contributed by atoms with Crippen LogP contribution in [0.3, 0.4) is 0 Å². The summed E-state index contributed by atoms with van der Waals surface area (Å²) in [7, 11) is 0. The maximum absolute atomic E-state index is 13.3. The number of alkyl halides is 2. The standard InChI is InChI=1S/C16H15F2N3O5/c1-8-10(3-4-12-13(8)25-16(17,18)24-12)15(22)21-5-6-23-7-11(21)14-19-9(2)20-26-14/h3-4,11H,5-7H2,1-2H3. The Kier molecular flexibility index (Phi) is 3.79. The van der Waals surface area contributed by atoms with Crippen molar-refractivity contribution in [2.75, 3.05) is 19.8 Å². The number of carbonyl (C=O) groups is 1. The van der Waals surface area contributed by atoms with E-state index in [-0.39, 0.29) is 41.0 Å². The number of halogens is 2. The Morgan fingerprint density at radius 3 is 2.85 bits per heavy atom. The van der Waals surface area contributed by atoms with Gasteiger partial charge in [-0.25, -0.2) is 0 Å². The van der Waals surface area contributed by atoms with Crippen molar-refractivity contribution in [3.8, 4) is 11.5 Å². The van der Waals surface area contributed by atoms with Crippen LogP contribution >= 0.6 is 0 Å². The largest absolute Gasteiger partial charge is 0.586 e. The van der Waals surface area contributed by atoms with Gasteiger partial charge in [0.25, 0.3) is 11.8 Å². The normalized spacial score (nSPS) is 21.1. The number of carbonyl (C=O) groups excluding carboxylic acids is 1. The molecular formula is C16H15F2N3O5. The van der Waals surface area contributed by atoms with Gasteiger partial charge in [-0.2, -0.15) is 4.98 Å². The third kappa shape index (κ3) is 2.75. The molecule has 0 aliphatic carbocycles. The van der Waals surface area contributed by atoms with Crippen molar-refractivity contribution in [1.29, 1.82) is 0 Å². The van der Waals surface area contributed by atoms with Crippen LogP contribution in [0, 0.1) is 13.8 Å². The zero-order chi connectivity index (χ0) is 18.5. The third-order valence-electron chi connectivity index (χ3n) is 4.27. The molecule has 1 saturated heterocycles. The van der Waals surface area contributed by atoms with Crippen LogP contribution in [-0.4, -0.2) is 47.0 Å². The second kappa shape index (κ2) is 5.90. The Morgan fingerprint density at radius 1 is 1.31 bits per heavy atom. The molecule has 2 aliphatic heterocycles. The number of morpholine rings is 1. The van der Waals surface area contributed by atoms with E-state index in [0.717, 1.165) is 0 Å². The molecule has 1 atom stereocenters. The average Bonchev–Trinajstić information content (AvgIpc) is 3.17. The Bertz CT molecular complexity index is 870. The lowest BCUT2D eigenvalue weighted by atomic mass is 10.0. The predicted molar refractivity (Wildman–Crippen MR) is 81.0 cm³/mol. The molecule has 1 aromatic carbocycles. The first-order valence-corrected chi connectivity index (χ1v) is 7.94. The SMILES string of the molecule is Cc1noc(C2COCCN2C(=O)c2ccc3c(c2C)OC(F)(F)O3)n1. The zero-order valence-electron chi connectivity index (χ0n) is 14.0. The number of hydrogen-bond acceptors (Lipinski definition) is 7. The number of nitrogens with zero attached hydrogens (tertiary/aromatic N) is 3. The lowest BCUT2D eigenvalue weighted by Crippen LogP contribution is -2.43. The van der Waals surface area contributed by atoms with Gasteiger partial charge in [0.05, 0.1) is 13.2 Å². The minimum Gasteiger partial charge on any atom is -0.395 e. The summed E-state index contributed by atoms with van der Waals surface area (Å²) in [6, 6.07) is 2.18. The average molecular weight is 367 g/mol. The van der Waals surface area contributed by atoms with E-state index in [4.69, 9.17) is 9.26 Å².